The highest BCUT2D eigenvalue weighted by molar-refractivity contribution is 5.91. The molecule has 4 rings (SSSR count). The molecule has 0 saturated carbocycles. The van der Waals surface area contributed by atoms with Crippen molar-refractivity contribution in [2.24, 2.45) is 0 Å². The molecule has 2 atom stereocenters. The first-order chi connectivity index (χ1) is 10.2. The standard InChI is InChI=1S/C18H20O3/c1-20-17-9-8-16(14-4-2-3-5-15(14)17)18(19)10-12-6-7-13(11-18)21-12/h2-5,8-9,12-13,19H,6-7,10-11H2,1H3. The first-order valence-electron chi connectivity index (χ1n) is 7.64. The summed E-state index contributed by atoms with van der Waals surface area (Å²) >= 11 is 0. The maximum absolute atomic E-state index is 11.3. The summed E-state index contributed by atoms with van der Waals surface area (Å²) in [4.78, 5) is 0. The maximum Gasteiger partial charge on any atom is 0.126 e. The highest BCUT2D eigenvalue weighted by Gasteiger charge is 2.45. The summed E-state index contributed by atoms with van der Waals surface area (Å²) in [5.41, 5.74) is 0.231. The number of rotatable bonds is 2. The van der Waals surface area contributed by atoms with Crippen LogP contribution in [0.3, 0.4) is 0 Å². The van der Waals surface area contributed by atoms with Crippen LogP contribution in [0.4, 0.5) is 0 Å². The molecule has 0 amide bonds. The summed E-state index contributed by atoms with van der Waals surface area (Å²) < 4.78 is 11.3. The third-order valence-electron chi connectivity index (χ3n) is 4.93. The summed E-state index contributed by atoms with van der Waals surface area (Å²) in [5, 5.41) is 13.4. The lowest BCUT2D eigenvalue weighted by molar-refractivity contribution is -0.114. The van der Waals surface area contributed by atoms with Crippen molar-refractivity contribution < 1.29 is 14.6 Å². The smallest absolute Gasteiger partial charge is 0.126 e. The van der Waals surface area contributed by atoms with Gasteiger partial charge in [-0.05, 0) is 29.9 Å². The number of hydrogen-bond donors (Lipinski definition) is 1. The minimum atomic E-state index is -0.782. The molecule has 2 bridgehead atoms. The zero-order valence-corrected chi connectivity index (χ0v) is 12.2. The predicted molar refractivity (Wildman–Crippen MR) is 81.5 cm³/mol. The van der Waals surface area contributed by atoms with Gasteiger partial charge in [0.1, 0.15) is 5.75 Å². The molecular weight excluding hydrogens is 264 g/mol. The number of benzene rings is 2. The highest BCUT2D eigenvalue weighted by atomic mass is 16.5. The van der Waals surface area contributed by atoms with E-state index in [9.17, 15) is 5.11 Å². The third-order valence-corrected chi connectivity index (χ3v) is 4.93. The second kappa shape index (κ2) is 4.72. The molecule has 2 fully saturated rings. The van der Waals surface area contributed by atoms with E-state index in [4.69, 9.17) is 9.47 Å². The van der Waals surface area contributed by atoms with E-state index >= 15 is 0 Å². The van der Waals surface area contributed by atoms with E-state index in [1.165, 1.54) is 0 Å². The molecule has 0 aliphatic carbocycles. The van der Waals surface area contributed by atoms with Gasteiger partial charge in [0.25, 0.3) is 0 Å². The van der Waals surface area contributed by atoms with Crippen molar-refractivity contribution >= 4 is 10.8 Å². The summed E-state index contributed by atoms with van der Waals surface area (Å²) in [7, 11) is 1.69. The Balaban J connectivity index is 1.87. The van der Waals surface area contributed by atoms with Crippen LogP contribution in [-0.2, 0) is 10.3 Å². The van der Waals surface area contributed by atoms with E-state index < -0.39 is 5.60 Å². The minimum absolute atomic E-state index is 0.203. The van der Waals surface area contributed by atoms with Gasteiger partial charge in [0.15, 0.2) is 0 Å². The molecule has 2 aliphatic heterocycles. The summed E-state index contributed by atoms with van der Waals surface area (Å²) in [6, 6.07) is 12.1. The number of fused-ring (bicyclic) bond motifs is 3. The lowest BCUT2D eigenvalue weighted by atomic mass is 9.81. The van der Waals surface area contributed by atoms with Crippen LogP contribution in [0.15, 0.2) is 36.4 Å². The average molecular weight is 284 g/mol. The van der Waals surface area contributed by atoms with Crippen molar-refractivity contribution in [1.29, 1.82) is 0 Å². The van der Waals surface area contributed by atoms with Gasteiger partial charge in [-0.25, -0.2) is 0 Å². The zero-order valence-electron chi connectivity index (χ0n) is 12.2. The first kappa shape index (κ1) is 13.1. The van der Waals surface area contributed by atoms with Gasteiger partial charge >= 0.3 is 0 Å². The Morgan fingerprint density at radius 2 is 1.71 bits per heavy atom. The van der Waals surface area contributed by atoms with E-state index in [0.29, 0.717) is 12.8 Å². The topological polar surface area (TPSA) is 38.7 Å². The fraction of sp³-hybridized carbons (Fsp3) is 0.444. The molecule has 3 heteroatoms. The molecular formula is C18H20O3. The number of methoxy groups -OCH3 is 1. The molecule has 0 spiro atoms. The van der Waals surface area contributed by atoms with Gasteiger partial charge in [0.2, 0.25) is 0 Å². The van der Waals surface area contributed by atoms with Gasteiger partial charge in [0, 0.05) is 18.2 Å². The molecule has 0 radical (unpaired) electrons. The molecule has 2 heterocycles. The van der Waals surface area contributed by atoms with E-state index in [-0.39, 0.29) is 12.2 Å². The summed E-state index contributed by atoms with van der Waals surface area (Å²) in [6.45, 7) is 0. The van der Waals surface area contributed by atoms with Crippen LogP contribution in [0, 0.1) is 0 Å². The van der Waals surface area contributed by atoms with Crippen LogP contribution in [0.25, 0.3) is 10.8 Å². The van der Waals surface area contributed by atoms with E-state index in [0.717, 1.165) is 34.9 Å². The summed E-state index contributed by atoms with van der Waals surface area (Å²) in [5.74, 6) is 0.855. The van der Waals surface area contributed by atoms with Crippen LogP contribution in [0.5, 0.6) is 5.75 Å². The molecule has 2 aromatic rings. The van der Waals surface area contributed by atoms with Crippen molar-refractivity contribution in [1.82, 2.24) is 0 Å². The second-order valence-corrected chi connectivity index (χ2v) is 6.26. The molecule has 21 heavy (non-hydrogen) atoms. The largest absolute Gasteiger partial charge is 0.496 e. The monoisotopic (exact) mass is 284 g/mol. The lowest BCUT2D eigenvalue weighted by Crippen LogP contribution is -2.38. The molecule has 2 saturated heterocycles. The molecule has 0 aromatic heterocycles. The lowest BCUT2D eigenvalue weighted by Gasteiger charge is -2.37. The van der Waals surface area contributed by atoms with Gasteiger partial charge in [-0.2, -0.15) is 0 Å². The van der Waals surface area contributed by atoms with E-state index in [1.54, 1.807) is 7.11 Å². The Morgan fingerprint density at radius 3 is 2.38 bits per heavy atom. The van der Waals surface area contributed by atoms with Crippen molar-refractivity contribution in [3.05, 3.63) is 42.0 Å². The number of ether oxygens (including phenoxy) is 2. The van der Waals surface area contributed by atoms with Gasteiger partial charge in [0.05, 0.1) is 24.9 Å². The third kappa shape index (κ3) is 2.03. The van der Waals surface area contributed by atoms with E-state index in [1.807, 2.05) is 24.3 Å². The fourth-order valence-corrected chi connectivity index (χ4v) is 3.99. The first-order valence-corrected chi connectivity index (χ1v) is 7.64. The van der Waals surface area contributed by atoms with Crippen LogP contribution in [0.1, 0.15) is 31.2 Å². The second-order valence-electron chi connectivity index (χ2n) is 6.26. The van der Waals surface area contributed by atoms with Gasteiger partial charge in [-0.15, -0.1) is 0 Å². The zero-order chi connectivity index (χ0) is 14.4. The van der Waals surface area contributed by atoms with Crippen molar-refractivity contribution in [2.75, 3.05) is 7.11 Å². The van der Waals surface area contributed by atoms with Crippen molar-refractivity contribution in [3.63, 3.8) is 0 Å². The highest BCUT2D eigenvalue weighted by Crippen LogP contribution is 2.46. The molecule has 2 aliphatic rings. The Morgan fingerprint density at radius 1 is 1.05 bits per heavy atom. The minimum Gasteiger partial charge on any atom is -0.496 e. The van der Waals surface area contributed by atoms with Crippen molar-refractivity contribution in [3.8, 4) is 5.75 Å². The molecule has 2 aromatic carbocycles. The average Bonchev–Trinajstić information content (AvgIpc) is 2.85. The predicted octanol–water partition coefficient (Wildman–Crippen LogP) is 3.38. The SMILES string of the molecule is COc1ccc(C2(O)CC3CCC(C2)O3)c2ccccc12. The van der Waals surface area contributed by atoms with Crippen LogP contribution in [-0.4, -0.2) is 24.4 Å². The Labute approximate surface area is 124 Å². The van der Waals surface area contributed by atoms with E-state index in [2.05, 4.69) is 12.1 Å². The van der Waals surface area contributed by atoms with Crippen LogP contribution < -0.4 is 4.74 Å². The number of hydrogen-bond acceptors (Lipinski definition) is 3. The normalized spacial score (nSPS) is 31.5. The molecule has 1 N–H and O–H groups in total. The molecule has 110 valence electrons. The quantitative estimate of drug-likeness (QED) is 0.919. The Hall–Kier alpha value is -1.58. The number of aliphatic hydroxyl groups is 1. The van der Waals surface area contributed by atoms with Crippen molar-refractivity contribution in [2.45, 2.75) is 43.5 Å². The molecule has 2 unspecified atom stereocenters. The van der Waals surface area contributed by atoms with Gasteiger partial charge in [-0.3, -0.25) is 0 Å². The molecule has 3 nitrogen and oxygen atoms in total. The van der Waals surface area contributed by atoms with Crippen LogP contribution in [0.2, 0.25) is 0 Å². The van der Waals surface area contributed by atoms with Gasteiger partial charge in [-0.1, -0.05) is 30.3 Å². The Kier molecular flexibility index (Phi) is 2.95. The summed E-state index contributed by atoms with van der Waals surface area (Å²) in [6.07, 6.45) is 3.94. The maximum atomic E-state index is 11.3. The fourth-order valence-electron chi connectivity index (χ4n) is 3.99. The van der Waals surface area contributed by atoms with Crippen LogP contribution >= 0.6 is 0 Å². The Bertz CT molecular complexity index is 667. The van der Waals surface area contributed by atoms with Gasteiger partial charge < -0.3 is 14.6 Å².